The average molecular weight is 512 g/mol. The van der Waals surface area contributed by atoms with Crippen molar-refractivity contribution in [3.05, 3.63) is 71.8 Å². The first-order valence-electron chi connectivity index (χ1n) is 11.2. The molecule has 0 aliphatic heterocycles. The predicted molar refractivity (Wildman–Crippen MR) is 127 cm³/mol. The van der Waals surface area contributed by atoms with E-state index in [9.17, 15) is 22.4 Å². The maximum absolute atomic E-state index is 13.7. The maximum atomic E-state index is 13.7. The van der Waals surface area contributed by atoms with Crippen LogP contribution >= 0.6 is 0 Å². The van der Waals surface area contributed by atoms with E-state index in [2.05, 4.69) is 30.1 Å². The number of hydrogen-bond acceptors (Lipinski definition) is 5. The first-order valence-corrected chi connectivity index (χ1v) is 11.2. The maximum Gasteiger partial charge on any atom is 0.573 e. The van der Waals surface area contributed by atoms with Gasteiger partial charge in [0.05, 0.1) is 17.3 Å². The van der Waals surface area contributed by atoms with Gasteiger partial charge >= 0.3 is 6.36 Å². The monoisotopic (exact) mass is 512 g/mol. The Morgan fingerprint density at radius 2 is 2.03 bits per heavy atom. The van der Waals surface area contributed by atoms with Gasteiger partial charge in [0.1, 0.15) is 28.5 Å². The van der Waals surface area contributed by atoms with Gasteiger partial charge in [0, 0.05) is 25.2 Å². The summed E-state index contributed by atoms with van der Waals surface area (Å²) in [5.74, 6) is -1.44. The zero-order chi connectivity index (χ0) is 26.3. The molecule has 5 aromatic rings. The summed E-state index contributed by atoms with van der Waals surface area (Å²) >= 11 is 0. The van der Waals surface area contributed by atoms with E-state index in [4.69, 9.17) is 0 Å². The van der Waals surface area contributed by atoms with Crippen molar-refractivity contribution >= 4 is 28.0 Å². The fourth-order valence-corrected chi connectivity index (χ4v) is 4.08. The van der Waals surface area contributed by atoms with Crippen molar-refractivity contribution in [3.63, 3.8) is 0 Å². The van der Waals surface area contributed by atoms with Gasteiger partial charge in [-0.2, -0.15) is 5.10 Å². The third-order valence-corrected chi connectivity index (χ3v) is 5.91. The number of carbonyl (C=O) groups excluding carboxylic acids is 1. The van der Waals surface area contributed by atoms with Gasteiger partial charge in [-0.15, -0.1) is 13.2 Å². The van der Waals surface area contributed by atoms with Gasteiger partial charge in [0.2, 0.25) is 0 Å². The van der Waals surface area contributed by atoms with Crippen LogP contribution in [-0.4, -0.2) is 43.5 Å². The van der Waals surface area contributed by atoms with E-state index in [1.165, 1.54) is 42.7 Å². The number of carbonyl (C=O) groups is 1. The number of rotatable bonds is 6. The van der Waals surface area contributed by atoms with Crippen molar-refractivity contribution in [2.45, 2.75) is 19.2 Å². The number of aromatic nitrogens is 5. The van der Waals surface area contributed by atoms with E-state index < -0.39 is 12.3 Å². The highest BCUT2D eigenvalue weighted by Crippen LogP contribution is 2.29. The summed E-state index contributed by atoms with van der Waals surface area (Å²) in [5.41, 5.74) is 3.03. The van der Waals surface area contributed by atoms with Crippen LogP contribution in [0.2, 0.25) is 0 Å². The molecule has 0 unspecified atom stereocenters. The van der Waals surface area contributed by atoms with Crippen LogP contribution in [0.25, 0.3) is 33.5 Å². The molecule has 3 aromatic heterocycles. The van der Waals surface area contributed by atoms with E-state index in [1.807, 2.05) is 0 Å². The van der Waals surface area contributed by atoms with Crippen LogP contribution in [0.3, 0.4) is 0 Å². The van der Waals surface area contributed by atoms with Crippen LogP contribution in [0.15, 0.2) is 54.9 Å². The highest BCUT2D eigenvalue weighted by molar-refractivity contribution is 6.05. The Balaban J connectivity index is 1.37. The Kier molecular flexibility index (Phi) is 6.02. The van der Waals surface area contributed by atoms with Gasteiger partial charge < -0.3 is 15.0 Å². The van der Waals surface area contributed by atoms with Crippen molar-refractivity contribution < 1.29 is 27.1 Å². The van der Waals surface area contributed by atoms with E-state index >= 15 is 0 Å². The molecule has 0 saturated heterocycles. The van der Waals surface area contributed by atoms with Gasteiger partial charge in [0.15, 0.2) is 5.65 Å². The van der Waals surface area contributed by atoms with Gasteiger partial charge in [0.25, 0.3) is 5.91 Å². The number of ether oxygens (including phenoxy) is 1. The zero-order valence-corrected chi connectivity index (χ0v) is 19.6. The number of fused-ring (bicyclic) bond motifs is 2. The molecule has 2 N–H and O–H groups in total. The van der Waals surface area contributed by atoms with Crippen molar-refractivity contribution in [2.24, 2.45) is 7.05 Å². The number of alkyl halides is 3. The summed E-state index contributed by atoms with van der Waals surface area (Å²) < 4.78 is 56.8. The molecule has 0 saturated carbocycles. The van der Waals surface area contributed by atoms with Crippen molar-refractivity contribution in [1.82, 2.24) is 30.0 Å². The normalized spacial score (nSPS) is 12.7. The average Bonchev–Trinajstić information content (AvgIpc) is 3.42. The van der Waals surface area contributed by atoms with Gasteiger partial charge in [-0.3, -0.25) is 9.48 Å². The Morgan fingerprint density at radius 3 is 2.81 bits per heavy atom. The minimum atomic E-state index is -4.79. The van der Waals surface area contributed by atoms with Crippen LogP contribution in [0.5, 0.6) is 5.75 Å². The van der Waals surface area contributed by atoms with Gasteiger partial charge in [-0.1, -0.05) is 19.1 Å². The minimum absolute atomic E-state index is 0.157. The second-order valence-electron chi connectivity index (χ2n) is 8.52. The van der Waals surface area contributed by atoms with Crippen LogP contribution in [-0.2, 0) is 7.05 Å². The molecular weight excluding hydrogens is 492 g/mol. The number of benzene rings is 2. The van der Waals surface area contributed by atoms with E-state index in [0.29, 0.717) is 39.0 Å². The van der Waals surface area contributed by atoms with E-state index in [0.717, 1.165) is 0 Å². The van der Waals surface area contributed by atoms with E-state index in [-0.39, 0.29) is 29.6 Å². The molecule has 0 spiro atoms. The SMILES string of the molecule is C[C@H](CNC(=O)c1c[nH]c2ncc(-c3nn(C)c4cc(F)ccc34)nc12)c1cccc(OC(F)(F)F)c1. The molecule has 12 heteroatoms. The standard InChI is InChI=1S/C25H20F4N6O2/c1-13(14-4-3-5-16(8-14)37-25(27,28)29)10-32-24(36)18-11-30-23-22(18)33-19(12-31-23)21-17-7-6-15(26)9-20(17)35(2)34-21/h3-9,11-13H,10H2,1-2H3,(H,30,31)(H,32,36)/t13-/m1/s1. The van der Waals surface area contributed by atoms with Crippen molar-refractivity contribution in [2.75, 3.05) is 6.54 Å². The molecule has 37 heavy (non-hydrogen) atoms. The lowest BCUT2D eigenvalue weighted by atomic mass is 10.0. The Morgan fingerprint density at radius 1 is 1.22 bits per heavy atom. The molecule has 2 aromatic carbocycles. The van der Waals surface area contributed by atoms with Gasteiger partial charge in [-0.05, 0) is 41.8 Å². The topological polar surface area (TPSA) is 97.7 Å². The molecule has 5 rings (SSSR count). The Bertz CT molecular complexity index is 1630. The third-order valence-electron chi connectivity index (χ3n) is 5.91. The Hall–Kier alpha value is -4.48. The molecule has 8 nitrogen and oxygen atoms in total. The molecule has 0 bridgehead atoms. The molecule has 3 heterocycles. The minimum Gasteiger partial charge on any atom is -0.406 e. The first kappa shape index (κ1) is 24.2. The number of aryl methyl sites for hydroxylation is 1. The fraction of sp³-hybridized carbons (Fsp3) is 0.200. The summed E-state index contributed by atoms with van der Waals surface area (Å²) in [6.45, 7) is 1.93. The second kappa shape index (κ2) is 9.19. The molecule has 0 radical (unpaired) electrons. The smallest absolute Gasteiger partial charge is 0.406 e. The predicted octanol–water partition coefficient (Wildman–Crippen LogP) is 5.08. The summed E-state index contributed by atoms with van der Waals surface area (Å²) in [5, 5.41) is 7.92. The summed E-state index contributed by atoms with van der Waals surface area (Å²) in [6, 6.07) is 9.94. The number of H-pyrrole nitrogens is 1. The quantitative estimate of drug-likeness (QED) is 0.309. The second-order valence-corrected chi connectivity index (χ2v) is 8.52. The molecule has 0 aliphatic rings. The number of nitrogens with zero attached hydrogens (tertiary/aromatic N) is 4. The van der Waals surface area contributed by atoms with E-state index in [1.54, 1.807) is 30.8 Å². The first-order chi connectivity index (χ1) is 17.6. The highest BCUT2D eigenvalue weighted by atomic mass is 19.4. The lowest BCUT2D eigenvalue weighted by molar-refractivity contribution is -0.274. The lowest BCUT2D eigenvalue weighted by Gasteiger charge is -2.15. The highest BCUT2D eigenvalue weighted by Gasteiger charge is 2.31. The molecule has 1 amide bonds. The number of hydrogen-bond donors (Lipinski definition) is 2. The molecular formula is C25H20F4N6O2. The van der Waals surface area contributed by atoms with Gasteiger partial charge in [-0.25, -0.2) is 14.4 Å². The molecule has 0 aliphatic carbocycles. The number of halogens is 4. The number of aromatic amines is 1. The lowest BCUT2D eigenvalue weighted by Crippen LogP contribution is -2.27. The molecule has 190 valence electrons. The number of nitrogens with one attached hydrogen (secondary N) is 2. The summed E-state index contributed by atoms with van der Waals surface area (Å²) in [7, 11) is 1.69. The largest absolute Gasteiger partial charge is 0.573 e. The Labute approximate surface area is 207 Å². The van der Waals surface area contributed by atoms with Crippen molar-refractivity contribution in [1.29, 1.82) is 0 Å². The van der Waals surface area contributed by atoms with Crippen LogP contribution in [0.4, 0.5) is 17.6 Å². The zero-order valence-electron chi connectivity index (χ0n) is 19.6. The summed E-state index contributed by atoms with van der Waals surface area (Å²) in [6.07, 6.45) is -1.79. The van der Waals surface area contributed by atoms with Crippen LogP contribution in [0.1, 0.15) is 28.8 Å². The molecule has 1 atom stereocenters. The summed E-state index contributed by atoms with van der Waals surface area (Å²) in [4.78, 5) is 24.8. The van der Waals surface area contributed by atoms with Crippen LogP contribution < -0.4 is 10.1 Å². The van der Waals surface area contributed by atoms with Crippen LogP contribution in [0, 0.1) is 5.82 Å². The molecule has 0 fully saturated rings. The van der Waals surface area contributed by atoms with Crippen molar-refractivity contribution in [3.8, 4) is 17.1 Å². The number of amides is 1. The third kappa shape index (κ3) is 4.95. The fourth-order valence-electron chi connectivity index (χ4n) is 4.08.